The summed E-state index contributed by atoms with van der Waals surface area (Å²) < 4.78 is 11.5. The summed E-state index contributed by atoms with van der Waals surface area (Å²) >= 11 is 1.58. The maximum atomic E-state index is 13.1. The molecule has 1 atom stereocenters. The van der Waals surface area contributed by atoms with Crippen LogP contribution in [0.25, 0.3) is 0 Å². The molecule has 5 heteroatoms. The molecule has 0 radical (unpaired) electrons. The molecule has 11 heavy (non-hydrogen) atoms. The van der Waals surface area contributed by atoms with Crippen molar-refractivity contribution in [2.75, 3.05) is 0 Å². The van der Waals surface area contributed by atoms with Gasteiger partial charge in [0.15, 0.2) is 3.68 Å². The van der Waals surface area contributed by atoms with E-state index in [0.717, 1.165) is 6.07 Å². The molecule has 3 nitrogen and oxygen atoms in total. The summed E-state index contributed by atoms with van der Waals surface area (Å²) in [6, 6.07) is 1.15. The smallest absolute Gasteiger partial charge is 0.251 e. The van der Waals surface area contributed by atoms with Gasteiger partial charge in [0.2, 0.25) is 0 Å². The summed E-state index contributed by atoms with van der Waals surface area (Å²) in [6.07, 6.45) is 1.19. The van der Waals surface area contributed by atoms with E-state index in [9.17, 15) is 9.18 Å². The van der Waals surface area contributed by atoms with Crippen molar-refractivity contribution in [2.24, 2.45) is 0 Å². The first-order chi connectivity index (χ1) is 5.00. The molecule has 0 fully saturated rings. The highest BCUT2D eigenvalue weighted by molar-refractivity contribution is 14.1. The molecule has 1 rings (SSSR count). The summed E-state index contributed by atoms with van der Waals surface area (Å²) in [5, 5.41) is 0. The van der Waals surface area contributed by atoms with Crippen LogP contribution in [0.4, 0.5) is 4.39 Å². The molecule has 0 amide bonds. The zero-order valence-corrected chi connectivity index (χ0v) is 7.92. The van der Waals surface area contributed by atoms with E-state index in [4.69, 9.17) is 0 Å². The first kappa shape index (κ1) is 8.63. The molecule has 1 unspecified atom stereocenters. The maximum absolute atomic E-state index is 13.1. The summed E-state index contributed by atoms with van der Waals surface area (Å²) in [5.74, 6) is 0. The van der Waals surface area contributed by atoms with Crippen LogP contribution in [0.3, 0.4) is 0 Å². The lowest BCUT2D eigenvalue weighted by Gasteiger charge is -2.09. The Balaban J connectivity index is 3.16. The van der Waals surface area contributed by atoms with Gasteiger partial charge in [-0.25, -0.2) is 9.37 Å². The molecule has 0 saturated carbocycles. The van der Waals surface area contributed by atoms with Gasteiger partial charge in [0.05, 0.1) is 12.0 Å². The van der Waals surface area contributed by atoms with Crippen LogP contribution in [0.5, 0.6) is 0 Å². The molecule has 60 valence electrons. The highest BCUT2D eigenvalue weighted by Crippen LogP contribution is 2.29. The van der Waals surface area contributed by atoms with Crippen LogP contribution >= 0.6 is 22.6 Å². The number of alkyl halides is 2. The van der Waals surface area contributed by atoms with E-state index >= 15 is 0 Å². The highest BCUT2D eigenvalue weighted by atomic mass is 127. The second-order valence-corrected chi connectivity index (χ2v) is 4.21. The van der Waals surface area contributed by atoms with E-state index in [1.807, 2.05) is 0 Å². The zero-order valence-electron chi connectivity index (χ0n) is 5.77. The second kappa shape index (κ2) is 2.88. The van der Waals surface area contributed by atoms with Crippen LogP contribution in [0.2, 0.25) is 0 Å². The van der Waals surface area contributed by atoms with E-state index in [2.05, 4.69) is 9.97 Å². The summed E-state index contributed by atoms with van der Waals surface area (Å²) in [4.78, 5) is 16.7. The topological polar surface area (TPSA) is 45.8 Å². The number of halogens is 2. The fraction of sp³-hybridized carbons (Fsp3) is 0.333. The fourth-order valence-electron chi connectivity index (χ4n) is 0.609. The first-order valence-corrected chi connectivity index (χ1v) is 4.01. The van der Waals surface area contributed by atoms with E-state index in [-0.39, 0.29) is 11.3 Å². The molecule has 1 aromatic heterocycles. The molecule has 0 aromatic carbocycles. The van der Waals surface area contributed by atoms with Gasteiger partial charge in [-0.1, -0.05) is 0 Å². The van der Waals surface area contributed by atoms with Crippen molar-refractivity contribution in [3.63, 3.8) is 0 Å². The number of aromatic nitrogens is 2. The second-order valence-electron chi connectivity index (χ2n) is 2.18. The Kier molecular flexibility index (Phi) is 2.26. The predicted octanol–water partition coefficient (Wildman–Crippen LogP) is 1.35. The predicted molar refractivity (Wildman–Crippen MR) is 47.3 cm³/mol. The normalized spacial score (nSPS) is 15.9. The minimum absolute atomic E-state index is 0.141. The SMILES string of the molecule is CC(F)(I)c1cc(=O)[nH]cn1. The van der Waals surface area contributed by atoms with Crippen molar-refractivity contribution in [3.8, 4) is 0 Å². The monoisotopic (exact) mass is 268 g/mol. The Labute approximate surface area is 76.2 Å². The van der Waals surface area contributed by atoms with Crippen molar-refractivity contribution < 1.29 is 4.39 Å². The minimum atomic E-state index is -1.58. The first-order valence-electron chi connectivity index (χ1n) is 2.93. The van der Waals surface area contributed by atoms with Crippen molar-refractivity contribution in [2.45, 2.75) is 10.6 Å². The third kappa shape index (κ3) is 2.25. The highest BCUT2D eigenvalue weighted by Gasteiger charge is 2.22. The maximum Gasteiger partial charge on any atom is 0.251 e. The standard InChI is InChI=1S/C6H6FIN2O/c1-6(7,8)4-2-5(11)10-3-9-4/h2-3H,1H3,(H,9,10,11). The van der Waals surface area contributed by atoms with Gasteiger partial charge in [0, 0.05) is 6.07 Å². The van der Waals surface area contributed by atoms with Crippen molar-refractivity contribution in [3.05, 3.63) is 28.4 Å². The van der Waals surface area contributed by atoms with Crippen molar-refractivity contribution >= 4 is 22.6 Å². The summed E-state index contributed by atoms with van der Waals surface area (Å²) in [6.45, 7) is 1.34. The average Bonchev–Trinajstić information content (AvgIpc) is 1.86. The largest absolute Gasteiger partial charge is 0.313 e. The van der Waals surface area contributed by atoms with Crippen LogP contribution < -0.4 is 5.56 Å². The third-order valence-electron chi connectivity index (χ3n) is 1.13. The van der Waals surface area contributed by atoms with Gasteiger partial charge in [-0.3, -0.25) is 4.79 Å². The molecule has 0 spiro atoms. The van der Waals surface area contributed by atoms with Crippen LogP contribution in [0.15, 0.2) is 17.2 Å². The number of hydrogen-bond donors (Lipinski definition) is 1. The van der Waals surface area contributed by atoms with E-state index < -0.39 is 3.68 Å². The lowest BCUT2D eigenvalue weighted by Crippen LogP contribution is -2.14. The van der Waals surface area contributed by atoms with E-state index in [1.54, 1.807) is 22.6 Å². The Bertz CT molecular complexity index is 304. The van der Waals surface area contributed by atoms with Crippen molar-refractivity contribution in [1.82, 2.24) is 9.97 Å². The molecule has 0 aliphatic heterocycles. The molecule has 1 heterocycles. The van der Waals surface area contributed by atoms with Gasteiger partial charge in [0.25, 0.3) is 5.56 Å². The Morgan fingerprint density at radius 2 is 2.45 bits per heavy atom. The van der Waals surface area contributed by atoms with Crippen molar-refractivity contribution in [1.29, 1.82) is 0 Å². The molecule has 1 aromatic rings. The molecular weight excluding hydrogens is 262 g/mol. The number of nitrogens with zero attached hydrogens (tertiary/aromatic N) is 1. The fourth-order valence-corrected chi connectivity index (χ4v) is 0.904. The van der Waals surface area contributed by atoms with Crippen LogP contribution in [0.1, 0.15) is 12.6 Å². The van der Waals surface area contributed by atoms with Gasteiger partial charge in [-0.15, -0.1) is 0 Å². The summed E-state index contributed by atoms with van der Waals surface area (Å²) in [7, 11) is 0. The molecule has 0 saturated heterocycles. The van der Waals surface area contributed by atoms with Gasteiger partial charge >= 0.3 is 0 Å². The number of aromatic amines is 1. The Morgan fingerprint density at radius 1 is 1.82 bits per heavy atom. The van der Waals surface area contributed by atoms with E-state index in [0.29, 0.717) is 0 Å². The Hall–Kier alpha value is -0.460. The molecule has 0 bridgehead atoms. The van der Waals surface area contributed by atoms with Gasteiger partial charge in [-0.05, 0) is 29.5 Å². The molecule has 0 aliphatic carbocycles. The van der Waals surface area contributed by atoms with E-state index in [1.165, 1.54) is 13.3 Å². The quantitative estimate of drug-likeness (QED) is 0.617. The number of rotatable bonds is 1. The number of hydrogen-bond acceptors (Lipinski definition) is 2. The molecular formula is C6H6FIN2O. The van der Waals surface area contributed by atoms with Gasteiger partial charge in [-0.2, -0.15) is 0 Å². The number of nitrogens with one attached hydrogen (secondary N) is 1. The van der Waals surface area contributed by atoms with Crippen LogP contribution in [-0.4, -0.2) is 9.97 Å². The lowest BCUT2D eigenvalue weighted by molar-refractivity contribution is 0.340. The lowest BCUT2D eigenvalue weighted by atomic mass is 10.3. The molecule has 0 aliphatic rings. The minimum Gasteiger partial charge on any atom is -0.313 e. The van der Waals surface area contributed by atoms with Crippen LogP contribution in [-0.2, 0) is 3.68 Å². The van der Waals surface area contributed by atoms with Gasteiger partial charge in [0.1, 0.15) is 0 Å². The molecule has 1 N–H and O–H groups in total. The third-order valence-corrected chi connectivity index (χ3v) is 1.68. The Morgan fingerprint density at radius 3 is 2.82 bits per heavy atom. The summed E-state index contributed by atoms with van der Waals surface area (Å²) in [5.41, 5.74) is -0.197. The zero-order chi connectivity index (χ0) is 8.48. The number of H-pyrrole nitrogens is 1. The average molecular weight is 268 g/mol. The van der Waals surface area contributed by atoms with Crippen LogP contribution in [0, 0.1) is 0 Å². The van der Waals surface area contributed by atoms with Gasteiger partial charge < -0.3 is 4.98 Å².